The van der Waals surface area contributed by atoms with E-state index in [4.69, 9.17) is 15.2 Å². The third-order valence-electron chi connectivity index (χ3n) is 3.38. The van der Waals surface area contributed by atoms with E-state index in [-0.39, 0.29) is 0 Å². The van der Waals surface area contributed by atoms with Gasteiger partial charge in [-0.25, -0.2) is 9.97 Å². The number of fused-ring (bicyclic) bond motifs is 2. The van der Waals surface area contributed by atoms with Crippen LogP contribution in [0.5, 0.6) is 11.5 Å². The fourth-order valence-electron chi connectivity index (χ4n) is 2.41. The van der Waals surface area contributed by atoms with Gasteiger partial charge in [-0.05, 0) is 6.92 Å². The number of imidazole rings is 1. The monoisotopic (exact) mass is 302 g/mol. The lowest BCUT2D eigenvalue weighted by Gasteiger charge is -2.17. The fourth-order valence-corrected chi connectivity index (χ4v) is 3.30. The van der Waals surface area contributed by atoms with E-state index < -0.39 is 0 Å². The highest BCUT2D eigenvalue weighted by molar-refractivity contribution is 7.15. The van der Waals surface area contributed by atoms with Crippen LogP contribution in [0.25, 0.3) is 21.7 Å². The molecule has 1 aromatic carbocycles. The first kappa shape index (κ1) is 12.6. The molecule has 0 unspecified atom stereocenters. The van der Waals surface area contributed by atoms with Gasteiger partial charge in [0.05, 0.1) is 21.6 Å². The van der Waals surface area contributed by atoms with E-state index >= 15 is 0 Å². The van der Waals surface area contributed by atoms with Crippen LogP contribution in [0.15, 0.2) is 12.1 Å². The van der Waals surface area contributed by atoms with Crippen LogP contribution in [0.3, 0.4) is 0 Å². The van der Waals surface area contributed by atoms with Gasteiger partial charge < -0.3 is 20.2 Å². The van der Waals surface area contributed by atoms with Gasteiger partial charge in [-0.2, -0.15) is 0 Å². The van der Waals surface area contributed by atoms with E-state index in [1.54, 1.807) is 11.3 Å². The maximum atomic E-state index is 5.65. The number of aryl methyl sites for hydroxylation is 1. The van der Waals surface area contributed by atoms with Gasteiger partial charge in [0.15, 0.2) is 17.3 Å². The zero-order valence-corrected chi connectivity index (χ0v) is 12.3. The first-order chi connectivity index (χ1) is 10.2. The summed E-state index contributed by atoms with van der Waals surface area (Å²) in [6.07, 6.45) is 0. The highest BCUT2D eigenvalue weighted by Crippen LogP contribution is 2.36. The molecular weight excluding hydrogens is 288 g/mol. The number of benzene rings is 1. The molecule has 0 atom stereocenters. The van der Waals surface area contributed by atoms with Crippen molar-refractivity contribution in [2.45, 2.75) is 13.5 Å². The van der Waals surface area contributed by atoms with Crippen LogP contribution in [0.2, 0.25) is 0 Å². The number of hydrogen-bond donors (Lipinski definition) is 2. The number of thiazole rings is 1. The Balaban J connectivity index is 1.84. The molecule has 2 aromatic heterocycles. The number of nitrogens with zero attached hydrogens (tertiary/aromatic N) is 2. The van der Waals surface area contributed by atoms with E-state index in [0.29, 0.717) is 19.8 Å². The van der Waals surface area contributed by atoms with E-state index in [1.807, 2.05) is 19.1 Å². The molecule has 0 spiro atoms. The summed E-state index contributed by atoms with van der Waals surface area (Å²) in [6.45, 7) is 3.56. The second-order valence-corrected chi connectivity index (χ2v) is 5.91. The van der Waals surface area contributed by atoms with Gasteiger partial charge in [-0.1, -0.05) is 0 Å². The van der Waals surface area contributed by atoms with Gasteiger partial charge >= 0.3 is 0 Å². The molecule has 4 rings (SSSR count). The van der Waals surface area contributed by atoms with E-state index in [9.17, 15) is 0 Å². The Morgan fingerprint density at radius 3 is 2.71 bits per heavy atom. The predicted octanol–water partition coefficient (Wildman–Crippen LogP) is 2.22. The van der Waals surface area contributed by atoms with E-state index in [2.05, 4.69) is 15.0 Å². The molecule has 21 heavy (non-hydrogen) atoms. The summed E-state index contributed by atoms with van der Waals surface area (Å²) in [5.74, 6) is 2.31. The smallest absolute Gasteiger partial charge is 0.163 e. The van der Waals surface area contributed by atoms with Gasteiger partial charge in [0, 0.05) is 18.7 Å². The molecule has 0 radical (unpaired) electrons. The molecule has 0 fully saturated rings. The number of aromatic amines is 1. The fraction of sp³-hybridized carbons (Fsp3) is 0.286. The third-order valence-corrected chi connectivity index (χ3v) is 4.56. The Kier molecular flexibility index (Phi) is 2.83. The molecule has 0 saturated carbocycles. The second-order valence-electron chi connectivity index (χ2n) is 4.82. The Bertz CT molecular complexity index is 781. The van der Waals surface area contributed by atoms with Gasteiger partial charge in [-0.3, -0.25) is 0 Å². The quantitative estimate of drug-likeness (QED) is 0.758. The van der Waals surface area contributed by atoms with Crippen molar-refractivity contribution in [3.63, 3.8) is 0 Å². The summed E-state index contributed by atoms with van der Waals surface area (Å²) < 4.78 is 11.2. The molecule has 1 aliphatic rings. The zero-order chi connectivity index (χ0) is 14.4. The third kappa shape index (κ3) is 2.05. The average molecular weight is 302 g/mol. The summed E-state index contributed by atoms with van der Waals surface area (Å²) in [5.41, 5.74) is 8.38. The molecule has 7 heteroatoms. The van der Waals surface area contributed by atoms with Gasteiger partial charge in [-0.15, -0.1) is 11.3 Å². The molecule has 3 aromatic rings. The second kappa shape index (κ2) is 4.71. The Labute approximate surface area is 124 Å². The summed E-state index contributed by atoms with van der Waals surface area (Å²) in [7, 11) is 0. The van der Waals surface area contributed by atoms with Gasteiger partial charge in [0.25, 0.3) is 0 Å². The summed E-state index contributed by atoms with van der Waals surface area (Å²) in [4.78, 5) is 13.4. The minimum absolute atomic E-state index is 0.446. The predicted molar refractivity (Wildman–Crippen MR) is 80.8 cm³/mol. The number of aromatic nitrogens is 3. The van der Waals surface area contributed by atoms with Crippen molar-refractivity contribution in [1.29, 1.82) is 0 Å². The minimum Gasteiger partial charge on any atom is -0.486 e. The molecule has 6 nitrogen and oxygen atoms in total. The molecule has 0 aliphatic carbocycles. The van der Waals surface area contributed by atoms with Crippen LogP contribution >= 0.6 is 11.3 Å². The average Bonchev–Trinajstić information content (AvgIpc) is 3.07. The van der Waals surface area contributed by atoms with Gasteiger partial charge in [0.2, 0.25) is 0 Å². The number of hydrogen-bond acceptors (Lipinski definition) is 6. The SMILES string of the molecule is Cc1nc(CN)sc1-c1nc2cc3c(cc2[nH]1)OCCO3. The standard InChI is InChI=1S/C14H14N4O2S/c1-7-13(21-12(6-15)16-7)14-17-8-4-10-11(5-9(8)18-14)20-3-2-19-10/h4-5H,2-3,6,15H2,1H3,(H,17,18). The Morgan fingerprint density at radius 1 is 1.24 bits per heavy atom. The lowest BCUT2D eigenvalue weighted by atomic mass is 10.2. The highest BCUT2D eigenvalue weighted by Gasteiger charge is 2.17. The number of nitrogens with two attached hydrogens (primary N) is 1. The number of H-pyrrole nitrogens is 1. The summed E-state index contributed by atoms with van der Waals surface area (Å²) >= 11 is 1.57. The molecule has 0 bridgehead atoms. The number of rotatable bonds is 2. The van der Waals surface area contributed by atoms with Crippen molar-refractivity contribution in [2.75, 3.05) is 13.2 Å². The maximum absolute atomic E-state index is 5.65. The van der Waals surface area contributed by atoms with Crippen molar-refractivity contribution in [1.82, 2.24) is 15.0 Å². The van der Waals surface area contributed by atoms with Crippen molar-refractivity contribution in [3.8, 4) is 22.2 Å². The number of nitrogens with one attached hydrogen (secondary N) is 1. The molecule has 108 valence electrons. The van der Waals surface area contributed by atoms with E-state index in [1.165, 1.54) is 0 Å². The molecule has 0 amide bonds. The molecule has 3 heterocycles. The topological polar surface area (TPSA) is 86.1 Å². The van der Waals surface area contributed by atoms with Crippen LogP contribution in [0.4, 0.5) is 0 Å². The lowest BCUT2D eigenvalue weighted by molar-refractivity contribution is 0.172. The summed E-state index contributed by atoms with van der Waals surface area (Å²) in [6, 6.07) is 3.84. The van der Waals surface area contributed by atoms with Crippen LogP contribution in [0, 0.1) is 6.92 Å². The Morgan fingerprint density at radius 2 is 2.00 bits per heavy atom. The lowest BCUT2D eigenvalue weighted by Crippen LogP contribution is -2.15. The highest BCUT2D eigenvalue weighted by atomic mass is 32.1. The van der Waals surface area contributed by atoms with E-state index in [0.717, 1.165) is 43.9 Å². The first-order valence-corrected chi connectivity index (χ1v) is 7.52. The van der Waals surface area contributed by atoms with Crippen molar-refractivity contribution in [3.05, 3.63) is 22.8 Å². The van der Waals surface area contributed by atoms with Crippen molar-refractivity contribution in [2.24, 2.45) is 5.73 Å². The molecular formula is C14H14N4O2S. The zero-order valence-electron chi connectivity index (χ0n) is 11.5. The molecule has 3 N–H and O–H groups in total. The van der Waals surface area contributed by atoms with Gasteiger partial charge in [0.1, 0.15) is 18.2 Å². The first-order valence-electron chi connectivity index (χ1n) is 6.70. The summed E-state index contributed by atoms with van der Waals surface area (Å²) in [5, 5.41) is 0.911. The largest absolute Gasteiger partial charge is 0.486 e. The van der Waals surface area contributed by atoms with Crippen LogP contribution in [-0.2, 0) is 6.54 Å². The van der Waals surface area contributed by atoms with Crippen LogP contribution < -0.4 is 15.2 Å². The minimum atomic E-state index is 0.446. The maximum Gasteiger partial charge on any atom is 0.163 e. The normalized spacial score (nSPS) is 13.8. The number of ether oxygens (including phenoxy) is 2. The van der Waals surface area contributed by atoms with Crippen LogP contribution in [0.1, 0.15) is 10.7 Å². The molecule has 1 aliphatic heterocycles. The van der Waals surface area contributed by atoms with Crippen molar-refractivity contribution >= 4 is 22.4 Å². The van der Waals surface area contributed by atoms with Crippen LogP contribution in [-0.4, -0.2) is 28.2 Å². The Hall–Kier alpha value is -2.12. The molecule has 0 saturated heterocycles. The van der Waals surface area contributed by atoms with Crippen molar-refractivity contribution < 1.29 is 9.47 Å².